The molecule has 1 aromatic carbocycles. The molecule has 0 amide bonds. The lowest BCUT2D eigenvalue weighted by molar-refractivity contribution is -0.145. The Morgan fingerprint density at radius 3 is 2.33 bits per heavy atom. The summed E-state index contributed by atoms with van der Waals surface area (Å²) in [6.07, 6.45) is -2.70. The van der Waals surface area contributed by atoms with Crippen LogP contribution in [0.1, 0.15) is 50.7 Å². The van der Waals surface area contributed by atoms with Crippen LogP contribution in [0.15, 0.2) is 18.2 Å². The second kappa shape index (κ2) is 6.37. The van der Waals surface area contributed by atoms with Gasteiger partial charge in [0, 0.05) is 5.69 Å². The Morgan fingerprint density at radius 1 is 1.29 bits per heavy atom. The van der Waals surface area contributed by atoms with Gasteiger partial charge < -0.3 is 10.8 Å². The maximum atomic E-state index is 12.9. The van der Waals surface area contributed by atoms with E-state index in [9.17, 15) is 23.1 Å². The van der Waals surface area contributed by atoms with Gasteiger partial charge in [-0.1, -0.05) is 26.7 Å². The molecule has 21 heavy (non-hydrogen) atoms. The average Bonchev–Trinajstić information content (AvgIpc) is 2.40. The smallest absolute Gasteiger partial charge is 0.416 e. The highest BCUT2D eigenvalue weighted by Gasteiger charge is 2.41. The first-order valence-electron chi connectivity index (χ1n) is 6.89. The second-order valence-corrected chi connectivity index (χ2v) is 5.14. The first-order valence-corrected chi connectivity index (χ1v) is 6.89. The third kappa shape index (κ3) is 3.49. The lowest BCUT2D eigenvalue weighted by Crippen LogP contribution is -2.36. The minimum atomic E-state index is -4.52. The molecule has 1 unspecified atom stereocenters. The number of unbranched alkanes of at least 4 members (excludes halogenated alkanes) is 1. The van der Waals surface area contributed by atoms with Crippen LogP contribution in [0.5, 0.6) is 0 Å². The minimum absolute atomic E-state index is 0.0563. The standard InChI is InChI=1S/C15H20F3NO2/c1-3-5-8-14(4-2,13(20)21)11-9-10(15(16,17)18)6-7-12(11)19/h6-7,9H,3-5,8,19H2,1-2H3,(H,20,21). The number of carboxylic acid groups (broad SMARTS) is 1. The van der Waals surface area contributed by atoms with Crippen LogP contribution >= 0.6 is 0 Å². The van der Waals surface area contributed by atoms with Gasteiger partial charge in [-0.05, 0) is 36.6 Å². The number of rotatable bonds is 6. The molecule has 3 N–H and O–H groups in total. The number of halogens is 3. The van der Waals surface area contributed by atoms with Gasteiger partial charge >= 0.3 is 12.1 Å². The van der Waals surface area contributed by atoms with Gasteiger partial charge in [0.1, 0.15) is 0 Å². The minimum Gasteiger partial charge on any atom is -0.481 e. The summed E-state index contributed by atoms with van der Waals surface area (Å²) in [4.78, 5) is 11.7. The Labute approximate surface area is 122 Å². The third-order valence-electron chi connectivity index (χ3n) is 3.87. The molecular formula is C15H20F3NO2. The lowest BCUT2D eigenvalue weighted by atomic mass is 9.73. The molecule has 0 radical (unpaired) electrons. The number of anilines is 1. The Kier molecular flexibility index (Phi) is 5.25. The number of hydrogen-bond donors (Lipinski definition) is 2. The van der Waals surface area contributed by atoms with Crippen molar-refractivity contribution in [3.8, 4) is 0 Å². The molecule has 0 saturated carbocycles. The van der Waals surface area contributed by atoms with Gasteiger partial charge in [-0.2, -0.15) is 13.2 Å². The molecule has 0 aliphatic heterocycles. The van der Waals surface area contributed by atoms with Crippen molar-refractivity contribution in [2.75, 3.05) is 5.73 Å². The van der Waals surface area contributed by atoms with Crippen LogP contribution in [-0.4, -0.2) is 11.1 Å². The second-order valence-electron chi connectivity index (χ2n) is 5.14. The monoisotopic (exact) mass is 303 g/mol. The maximum absolute atomic E-state index is 12.9. The first kappa shape index (κ1) is 17.3. The summed E-state index contributed by atoms with van der Waals surface area (Å²) in [5.41, 5.74) is 3.67. The Bertz CT molecular complexity index is 514. The van der Waals surface area contributed by atoms with E-state index in [0.717, 1.165) is 24.6 Å². The summed E-state index contributed by atoms with van der Waals surface area (Å²) in [7, 11) is 0. The van der Waals surface area contributed by atoms with Gasteiger partial charge in [0.15, 0.2) is 0 Å². The van der Waals surface area contributed by atoms with Crippen molar-refractivity contribution in [1.29, 1.82) is 0 Å². The number of benzene rings is 1. The van der Waals surface area contributed by atoms with Gasteiger partial charge in [-0.25, -0.2) is 0 Å². The van der Waals surface area contributed by atoms with Gasteiger partial charge in [-0.3, -0.25) is 4.79 Å². The van der Waals surface area contributed by atoms with E-state index in [1.807, 2.05) is 6.92 Å². The molecule has 1 aromatic rings. The Hall–Kier alpha value is -1.72. The van der Waals surface area contributed by atoms with E-state index in [0.29, 0.717) is 6.42 Å². The molecule has 6 heteroatoms. The van der Waals surface area contributed by atoms with E-state index < -0.39 is 23.1 Å². The van der Waals surface area contributed by atoms with Crippen LogP contribution in [-0.2, 0) is 16.4 Å². The Balaban J connectivity index is 3.46. The van der Waals surface area contributed by atoms with Crippen LogP contribution in [0.25, 0.3) is 0 Å². The topological polar surface area (TPSA) is 63.3 Å². The number of nitrogen functional groups attached to an aromatic ring is 1. The van der Waals surface area contributed by atoms with Crippen LogP contribution in [0.4, 0.5) is 18.9 Å². The normalized spacial score (nSPS) is 14.7. The highest BCUT2D eigenvalue weighted by molar-refractivity contribution is 5.83. The van der Waals surface area contributed by atoms with Crippen molar-refractivity contribution in [3.05, 3.63) is 29.3 Å². The van der Waals surface area contributed by atoms with Crippen LogP contribution < -0.4 is 5.73 Å². The lowest BCUT2D eigenvalue weighted by Gasteiger charge is -2.30. The van der Waals surface area contributed by atoms with Crippen molar-refractivity contribution in [2.45, 2.75) is 51.1 Å². The van der Waals surface area contributed by atoms with E-state index in [-0.39, 0.29) is 24.1 Å². The fourth-order valence-corrected chi connectivity index (χ4v) is 2.50. The van der Waals surface area contributed by atoms with Gasteiger partial charge in [0.2, 0.25) is 0 Å². The van der Waals surface area contributed by atoms with Crippen LogP contribution in [0.3, 0.4) is 0 Å². The number of carbonyl (C=O) groups is 1. The fraction of sp³-hybridized carbons (Fsp3) is 0.533. The van der Waals surface area contributed by atoms with E-state index in [2.05, 4.69) is 0 Å². The summed E-state index contributed by atoms with van der Waals surface area (Å²) >= 11 is 0. The molecule has 0 aliphatic rings. The highest BCUT2D eigenvalue weighted by Crippen LogP contribution is 2.40. The molecule has 0 aliphatic carbocycles. The fourth-order valence-electron chi connectivity index (χ4n) is 2.50. The van der Waals surface area contributed by atoms with Crippen molar-refractivity contribution in [2.24, 2.45) is 0 Å². The summed E-state index contributed by atoms with van der Waals surface area (Å²) < 4.78 is 38.6. The predicted molar refractivity (Wildman–Crippen MR) is 75.0 cm³/mol. The van der Waals surface area contributed by atoms with Crippen molar-refractivity contribution >= 4 is 11.7 Å². The number of alkyl halides is 3. The zero-order chi connectivity index (χ0) is 16.3. The largest absolute Gasteiger partial charge is 0.481 e. The van der Waals surface area contributed by atoms with Gasteiger partial charge in [0.05, 0.1) is 11.0 Å². The summed E-state index contributed by atoms with van der Waals surface area (Å²) in [5.74, 6) is -1.13. The number of nitrogens with two attached hydrogens (primary N) is 1. The van der Waals surface area contributed by atoms with E-state index in [1.165, 1.54) is 0 Å². The number of carboxylic acids is 1. The van der Waals surface area contributed by atoms with E-state index in [1.54, 1.807) is 6.92 Å². The third-order valence-corrected chi connectivity index (χ3v) is 3.87. The molecule has 0 spiro atoms. The number of aliphatic carboxylic acids is 1. The van der Waals surface area contributed by atoms with Gasteiger partial charge in [0.25, 0.3) is 0 Å². The summed E-state index contributed by atoms with van der Waals surface area (Å²) in [5, 5.41) is 9.59. The van der Waals surface area contributed by atoms with Gasteiger partial charge in [-0.15, -0.1) is 0 Å². The molecule has 118 valence electrons. The molecule has 0 saturated heterocycles. The SMILES string of the molecule is CCCCC(CC)(C(=O)O)c1cc(C(F)(F)F)ccc1N. The number of hydrogen-bond acceptors (Lipinski definition) is 2. The Morgan fingerprint density at radius 2 is 1.90 bits per heavy atom. The zero-order valence-corrected chi connectivity index (χ0v) is 12.1. The molecule has 0 bridgehead atoms. The van der Waals surface area contributed by atoms with Crippen molar-refractivity contribution in [3.63, 3.8) is 0 Å². The molecule has 1 rings (SSSR count). The summed E-state index contributed by atoms with van der Waals surface area (Å²) in [6.45, 7) is 3.56. The zero-order valence-electron chi connectivity index (χ0n) is 12.1. The van der Waals surface area contributed by atoms with Crippen molar-refractivity contribution < 1.29 is 23.1 Å². The molecule has 0 aromatic heterocycles. The van der Waals surface area contributed by atoms with Crippen LogP contribution in [0.2, 0.25) is 0 Å². The highest BCUT2D eigenvalue weighted by atomic mass is 19.4. The molecule has 3 nitrogen and oxygen atoms in total. The summed E-state index contributed by atoms with van der Waals surface area (Å²) in [6, 6.07) is 2.89. The molecule has 0 heterocycles. The first-order chi connectivity index (χ1) is 9.69. The molecular weight excluding hydrogens is 283 g/mol. The van der Waals surface area contributed by atoms with Crippen molar-refractivity contribution in [1.82, 2.24) is 0 Å². The quantitative estimate of drug-likeness (QED) is 0.774. The molecule has 0 fully saturated rings. The molecule has 1 atom stereocenters. The maximum Gasteiger partial charge on any atom is 0.416 e. The predicted octanol–water partition coefficient (Wildman–Crippen LogP) is 4.21. The van der Waals surface area contributed by atoms with Crippen LogP contribution in [0, 0.1) is 0 Å². The van der Waals surface area contributed by atoms with E-state index >= 15 is 0 Å². The van der Waals surface area contributed by atoms with E-state index in [4.69, 9.17) is 5.73 Å². The average molecular weight is 303 g/mol.